The third-order valence-electron chi connectivity index (χ3n) is 3.49. The fourth-order valence-corrected chi connectivity index (χ4v) is 2.43. The van der Waals surface area contributed by atoms with Gasteiger partial charge in [0, 0.05) is 23.8 Å². The van der Waals surface area contributed by atoms with E-state index in [1.807, 2.05) is 13.8 Å². The summed E-state index contributed by atoms with van der Waals surface area (Å²) in [4.78, 5) is 0. The van der Waals surface area contributed by atoms with Crippen molar-refractivity contribution >= 4 is 0 Å². The normalized spacial score (nSPS) is 25.9. The van der Waals surface area contributed by atoms with Gasteiger partial charge in [0.05, 0.1) is 11.8 Å². The first-order chi connectivity index (χ1) is 7.66. The third kappa shape index (κ3) is 2.62. The maximum Gasteiger partial charge on any atom is 0.0638 e. The molecule has 0 radical (unpaired) electrons. The summed E-state index contributed by atoms with van der Waals surface area (Å²) in [7, 11) is 0. The number of aromatic amines is 1. The molecule has 0 amide bonds. The Morgan fingerprint density at radius 3 is 2.88 bits per heavy atom. The van der Waals surface area contributed by atoms with Gasteiger partial charge in [0.2, 0.25) is 0 Å². The van der Waals surface area contributed by atoms with E-state index in [1.54, 1.807) is 0 Å². The molecule has 90 valence electrons. The van der Waals surface area contributed by atoms with Crippen LogP contribution in [0.5, 0.6) is 0 Å². The number of H-pyrrole nitrogens is 1. The molecule has 4 nitrogen and oxygen atoms in total. The van der Waals surface area contributed by atoms with Crippen molar-refractivity contribution in [2.45, 2.75) is 58.2 Å². The number of nitrogens with one attached hydrogen (secondary N) is 2. The lowest BCUT2D eigenvalue weighted by molar-refractivity contribution is 0.111. The van der Waals surface area contributed by atoms with Crippen molar-refractivity contribution < 1.29 is 5.11 Å². The van der Waals surface area contributed by atoms with Gasteiger partial charge in [-0.2, -0.15) is 5.10 Å². The van der Waals surface area contributed by atoms with Crippen molar-refractivity contribution in [3.05, 3.63) is 17.0 Å². The Morgan fingerprint density at radius 1 is 1.44 bits per heavy atom. The maximum atomic E-state index is 9.59. The second kappa shape index (κ2) is 4.97. The quantitative estimate of drug-likeness (QED) is 0.726. The summed E-state index contributed by atoms with van der Waals surface area (Å²) in [6.45, 7) is 4.93. The van der Waals surface area contributed by atoms with E-state index >= 15 is 0 Å². The number of aromatic nitrogens is 2. The molecule has 1 aliphatic rings. The Labute approximate surface area is 96.5 Å². The van der Waals surface area contributed by atoms with Crippen LogP contribution in [-0.4, -0.2) is 27.4 Å². The van der Waals surface area contributed by atoms with Crippen molar-refractivity contribution in [1.29, 1.82) is 0 Å². The van der Waals surface area contributed by atoms with Crippen LogP contribution in [0.4, 0.5) is 0 Å². The molecule has 1 aromatic heterocycles. The van der Waals surface area contributed by atoms with E-state index < -0.39 is 0 Å². The molecule has 2 rings (SSSR count). The number of aliphatic hydroxyl groups is 1. The zero-order chi connectivity index (χ0) is 11.5. The smallest absolute Gasteiger partial charge is 0.0638 e. The van der Waals surface area contributed by atoms with E-state index in [0.717, 1.165) is 37.2 Å². The number of aliphatic hydroxyl groups excluding tert-OH is 1. The lowest BCUT2D eigenvalue weighted by Gasteiger charge is -2.26. The average Bonchev–Trinajstić information content (AvgIpc) is 2.56. The van der Waals surface area contributed by atoms with Crippen LogP contribution in [0, 0.1) is 13.8 Å². The molecule has 1 heterocycles. The summed E-state index contributed by atoms with van der Waals surface area (Å²) in [6.07, 6.45) is 4.03. The molecule has 1 fully saturated rings. The number of hydrogen-bond donors (Lipinski definition) is 3. The van der Waals surface area contributed by atoms with Crippen LogP contribution in [0.3, 0.4) is 0 Å². The van der Waals surface area contributed by atoms with Crippen LogP contribution in [0.2, 0.25) is 0 Å². The second-order valence-corrected chi connectivity index (χ2v) is 4.81. The number of rotatable bonds is 3. The SMILES string of the molecule is Cc1n[nH]c(C)c1CNC1CCCC(O)C1. The van der Waals surface area contributed by atoms with Crippen molar-refractivity contribution in [1.82, 2.24) is 15.5 Å². The molecular formula is C12H21N3O. The van der Waals surface area contributed by atoms with E-state index in [2.05, 4.69) is 15.5 Å². The predicted octanol–water partition coefficient (Wildman–Crippen LogP) is 1.42. The highest BCUT2D eigenvalue weighted by Gasteiger charge is 2.20. The van der Waals surface area contributed by atoms with Crippen LogP contribution < -0.4 is 5.32 Å². The summed E-state index contributed by atoms with van der Waals surface area (Å²) >= 11 is 0. The van der Waals surface area contributed by atoms with E-state index in [4.69, 9.17) is 0 Å². The van der Waals surface area contributed by atoms with Gasteiger partial charge in [-0.25, -0.2) is 0 Å². The van der Waals surface area contributed by atoms with Gasteiger partial charge < -0.3 is 10.4 Å². The van der Waals surface area contributed by atoms with Crippen molar-refractivity contribution in [2.24, 2.45) is 0 Å². The Kier molecular flexibility index (Phi) is 3.61. The minimum Gasteiger partial charge on any atom is -0.393 e. The third-order valence-corrected chi connectivity index (χ3v) is 3.49. The van der Waals surface area contributed by atoms with Crippen molar-refractivity contribution in [3.63, 3.8) is 0 Å². The van der Waals surface area contributed by atoms with E-state index in [1.165, 1.54) is 12.0 Å². The minimum absolute atomic E-state index is 0.113. The molecule has 0 spiro atoms. The van der Waals surface area contributed by atoms with Gasteiger partial charge in [0.25, 0.3) is 0 Å². The van der Waals surface area contributed by atoms with Crippen LogP contribution >= 0.6 is 0 Å². The van der Waals surface area contributed by atoms with Crippen LogP contribution in [0.25, 0.3) is 0 Å². The van der Waals surface area contributed by atoms with Crippen molar-refractivity contribution in [2.75, 3.05) is 0 Å². The number of aryl methyl sites for hydroxylation is 2. The predicted molar refractivity (Wildman–Crippen MR) is 63.2 cm³/mol. The lowest BCUT2D eigenvalue weighted by atomic mass is 9.93. The highest BCUT2D eigenvalue weighted by molar-refractivity contribution is 5.22. The molecule has 0 saturated heterocycles. The Morgan fingerprint density at radius 2 is 2.25 bits per heavy atom. The van der Waals surface area contributed by atoms with Crippen LogP contribution in [0.1, 0.15) is 42.6 Å². The molecule has 1 aliphatic carbocycles. The molecule has 2 unspecified atom stereocenters. The van der Waals surface area contributed by atoms with Gasteiger partial charge >= 0.3 is 0 Å². The first kappa shape index (κ1) is 11.6. The topological polar surface area (TPSA) is 60.9 Å². The zero-order valence-corrected chi connectivity index (χ0v) is 10.1. The summed E-state index contributed by atoms with van der Waals surface area (Å²) in [5.41, 5.74) is 3.47. The standard InChI is InChI=1S/C12H21N3O/c1-8-12(9(2)15-14-8)7-13-10-4-3-5-11(16)6-10/h10-11,13,16H,3-7H2,1-2H3,(H,14,15). The molecule has 16 heavy (non-hydrogen) atoms. The molecule has 2 atom stereocenters. The molecule has 1 aromatic rings. The minimum atomic E-state index is -0.113. The van der Waals surface area contributed by atoms with Crippen LogP contribution in [0.15, 0.2) is 0 Å². The van der Waals surface area contributed by atoms with Gasteiger partial charge in [0.15, 0.2) is 0 Å². The molecule has 0 bridgehead atoms. The summed E-state index contributed by atoms with van der Waals surface area (Å²) in [5.74, 6) is 0. The molecule has 1 saturated carbocycles. The summed E-state index contributed by atoms with van der Waals surface area (Å²) in [5, 5.41) is 20.3. The monoisotopic (exact) mass is 223 g/mol. The van der Waals surface area contributed by atoms with Gasteiger partial charge in [-0.1, -0.05) is 0 Å². The first-order valence-corrected chi connectivity index (χ1v) is 6.08. The van der Waals surface area contributed by atoms with E-state index in [9.17, 15) is 5.11 Å². The summed E-state index contributed by atoms with van der Waals surface area (Å²) < 4.78 is 0. The first-order valence-electron chi connectivity index (χ1n) is 6.08. The Balaban J connectivity index is 1.87. The highest BCUT2D eigenvalue weighted by Crippen LogP contribution is 2.19. The fraction of sp³-hybridized carbons (Fsp3) is 0.750. The van der Waals surface area contributed by atoms with Crippen molar-refractivity contribution in [3.8, 4) is 0 Å². The van der Waals surface area contributed by atoms with Gasteiger partial charge in [0.1, 0.15) is 0 Å². The van der Waals surface area contributed by atoms with E-state index in [-0.39, 0.29) is 6.10 Å². The fourth-order valence-electron chi connectivity index (χ4n) is 2.43. The average molecular weight is 223 g/mol. The lowest BCUT2D eigenvalue weighted by Crippen LogP contribution is -2.35. The van der Waals surface area contributed by atoms with Crippen LogP contribution in [-0.2, 0) is 6.54 Å². The van der Waals surface area contributed by atoms with Gasteiger partial charge in [-0.15, -0.1) is 0 Å². The summed E-state index contributed by atoms with van der Waals surface area (Å²) in [6, 6.07) is 0.456. The van der Waals surface area contributed by atoms with Gasteiger partial charge in [-0.3, -0.25) is 5.10 Å². The maximum absolute atomic E-state index is 9.59. The number of nitrogens with zero attached hydrogens (tertiary/aromatic N) is 1. The Hall–Kier alpha value is -0.870. The number of hydrogen-bond acceptors (Lipinski definition) is 3. The molecule has 4 heteroatoms. The molecule has 3 N–H and O–H groups in total. The molecular weight excluding hydrogens is 202 g/mol. The molecule has 0 aromatic carbocycles. The molecule has 0 aliphatic heterocycles. The van der Waals surface area contributed by atoms with E-state index in [0.29, 0.717) is 6.04 Å². The highest BCUT2D eigenvalue weighted by atomic mass is 16.3. The largest absolute Gasteiger partial charge is 0.393 e. The Bertz CT molecular complexity index is 329. The zero-order valence-electron chi connectivity index (χ0n) is 10.1. The van der Waals surface area contributed by atoms with Gasteiger partial charge in [-0.05, 0) is 39.5 Å². The second-order valence-electron chi connectivity index (χ2n) is 4.81.